The molecule has 0 atom stereocenters. The number of fused-ring (bicyclic) bond motifs is 2. The molecule has 0 radical (unpaired) electrons. The van der Waals surface area contributed by atoms with Crippen molar-refractivity contribution in [2.45, 2.75) is 50.4 Å². The second kappa shape index (κ2) is 14.5. The fourth-order valence-corrected chi connectivity index (χ4v) is 8.22. The minimum atomic E-state index is -1.00. The van der Waals surface area contributed by atoms with Crippen molar-refractivity contribution in [1.82, 2.24) is 19.1 Å². The third-order valence-corrected chi connectivity index (χ3v) is 11.1. The Morgan fingerprint density at radius 1 is 0.691 bits per heavy atom. The van der Waals surface area contributed by atoms with Gasteiger partial charge in [0.2, 0.25) is 0 Å². The predicted octanol–water partition coefficient (Wildman–Crippen LogP) is 10.2. The maximum atomic E-state index is 13.9. The molecule has 4 heterocycles. The summed E-state index contributed by atoms with van der Waals surface area (Å²) in [4.78, 5) is 32.4. The van der Waals surface area contributed by atoms with Gasteiger partial charge in [0.25, 0.3) is 0 Å². The Hall–Kier alpha value is -5.68. The maximum Gasteiger partial charge on any atom is 0.337 e. The van der Waals surface area contributed by atoms with Crippen LogP contribution in [0.25, 0.3) is 32.9 Å². The van der Waals surface area contributed by atoms with Crippen LogP contribution in [0, 0.1) is 11.6 Å². The molecule has 0 amide bonds. The smallest absolute Gasteiger partial charge is 0.337 e. The van der Waals surface area contributed by atoms with Crippen LogP contribution in [0.4, 0.5) is 8.78 Å². The molecule has 7 aromatic rings. The molecule has 8 nitrogen and oxygen atoms in total. The molecule has 55 heavy (non-hydrogen) atoms. The van der Waals surface area contributed by atoms with Crippen LogP contribution in [-0.4, -0.2) is 41.3 Å². The summed E-state index contributed by atoms with van der Waals surface area (Å²) in [5.41, 5.74) is 8.62. The number of carboxylic acid groups (broad SMARTS) is 2. The van der Waals surface area contributed by atoms with Crippen LogP contribution < -0.4 is 0 Å². The molecule has 3 aromatic carbocycles. The van der Waals surface area contributed by atoms with E-state index >= 15 is 0 Å². The van der Waals surface area contributed by atoms with E-state index in [1.54, 1.807) is 18.3 Å². The number of aromatic carboxylic acids is 2. The van der Waals surface area contributed by atoms with Gasteiger partial charge in [-0.15, -0.1) is 0 Å². The normalized spacial score (nSPS) is 13.9. The first kappa shape index (κ1) is 36.3. The van der Waals surface area contributed by atoms with Crippen LogP contribution in [0.3, 0.4) is 0 Å². The van der Waals surface area contributed by atoms with E-state index in [1.807, 2.05) is 61.5 Å². The SMILES string of the molecule is Cn1ccc2cc(Cc3ncc(C4CC4)cc3C(=O)O)cc(-c3cc(F)cc(F)c3)c21.Cn1ccc2cc(Cc3ncc(C4CC4)cc3C(=O)O)cc(Br)c21. The number of carbonyl (C=O) groups is 2. The van der Waals surface area contributed by atoms with Crippen molar-refractivity contribution in [2.75, 3.05) is 0 Å². The van der Waals surface area contributed by atoms with Gasteiger partial charge in [0.15, 0.2) is 0 Å². The largest absolute Gasteiger partial charge is 0.478 e. The number of halogens is 3. The van der Waals surface area contributed by atoms with Crippen molar-refractivity contribution in [2.24, 2.45) is 14.1 Å². The zero-order valence-electron chi connectivity index (χ0n) is 30.2. The molecule has 2 fully saturated rings. The Labute approximate surface area is 324 Å². The van der Waals surface area contributed by atoms with Gasteiger partial charge in [-0.3, -0.25) is 9.97 Å². The van der Waals surface area contributed by atoms with Crippen molar-refractivity contribution in [3.63, 3.8) is 0 Å². The molecule has 2 N–H and O–H groups in total. The lowest BCUT2D eigenvalue weighted by atomic mass is 9.96. The molecule has 0 aliphatic heterocycles. The molecule has 11 heteroatoms. The Bertz CT molecular complexity index is 2640. The van der Waals surface area contributed by atoms with Gasteiger partial charge >= 0.3 is 11.9 Å². The van der Waals surface area contributed by atoms with Crippen molar-refractivity contribution in [3.05, 3.63) is 152 Å². The number of benzene rings is 3. The van der Waals surface area contributed by atoms with Crippen LogP contribution in [0.1, 0.15) is 91.9 Å². The summed E-state index contributed by atoms with van der Waals surface area (Å²) < 4.78 is 32.8. The van der Waals surface area contributed by atoms with Gasteiger partial charge in [-0.05, 0) is 142 Å². The molecule has 0 unspecified atom stereocenters. The number of rotatable bonds is 9. The average molecular weight is 804 g/mol. The standard InChI is InChI=1S/C25H20F2N2O2.C19H17BrN2O2/c1-29-5-4-16-6-14(7-21(24(16)29)17-9-19(26)12-20(27)10-17)8-23-22(25(30)31)11-18(13-28-23)15-2-3-15;1-22-5-4-13-6-11(7-16(20)18(13)22)8-17-15(19(23)24)9-14(10-21-17)12-2-3-12/h4-7,9-13,15H,2-3,8H2,1H3,(H,30,31);4-7,9-10,12H,2-3,8H2,1H3,(H,23,24). The number of hydrogen-bond donors (Lipinski definition) is 2. The quantitative estimate of drug-likeness (QED) is 0.150. The van der Waals surface area contributed by atoms with Crippen LogP contribution in [0.15, 0.2) is 96.0 Å². The second-order valence-corrected chi connectivity index (χ2v) is 15.5. The van der Waals surface area contributed by atoms with E-state index in [2.05, 4.69) is 42.6 Å². The van der Waals surface area contributed by atoms with E-state index in [9.17, 15) is 28.6 Å². The van der Waals surface area contributed by atoms with E-state index in [-0.39, 0.29) is 5.56 Å². The minimum absolute atomic E-state index is 0.205. The van der Waals surface area contributed by atoms with Gasteiger partial charge in [0, 0.05) is 78.6 Å². The molecule has 2 aliphatic rings. The number of aryl methyl sites for hydroxylation is 2. The lowest BCUT2D eigenvalue weighted by molar-refractivity contribution is 0.0684. The molecular formula is C44H37BrF2N4O4. The highest BCUT2D eigenvalue weighted by atomic mass is 79.9. The molecule has 2 saturated carbocycles. The second-order valence-electron chi connectivity index (χ2n) is 14.6. The van der Waals surface area contributed by atoms with Gasteiger partial charge in [0.1, 0.15) is 11.6 Å². The number of aromatic nitrogens is 4. The summed E-state index contributed by atoms with van der Waals surface area (Å²) in [6.07, 6.45) is 12.7. The molecule has 0 bridgehead atoms. The summed E-state index contributed by atoms with van der Waals surface area (Å²) in [5.74, 6) is -2.28. The number of nitrogens with zero attached hydrogens (tertiary/aromatic N) is 4. The van der Waals surface area contributed by atoms with E-state index in [4.69, 9.17) is 0 Å². The summed E-state index contributed by atoms with van der Waals surface area (Å²) >= 11 is 3.62. The lowest BCUT2D eigenvalue weighted by Gasteiger charge is -2.12. The topological polar surface area (TPSA) is 110 Å². The Morgan fingerprint density at radius 3 is 1.65 bits per heavy atom. The van der Waals surface area contributed by atoms with Crippen molar-refractivity contribution < 1.29 is 28.6 Å². The minimum Gasteiger partial charge on any atom is -0.478 e. The van der Waals surface area contributed by atoms with Crippen molar-refractivity contribution >= 4 is 49.7 Å². The summed E-state index contributed by atoms with van der Waals surface area (Å²) in [6.45, 7) is 0. The Kier molecular flexibility index (Phi) is 9.58. The van der Waals surface area contributed by atoms with Gasteiger partial charge in [0.05, 0.1) is 33.5 Å². The first-order valence-electron chi connectivity index (χ1n) is 18.1. The fourth-order valence-electron chi connectivity index (χ4n) is 7.42. The highest BCUT2D eigenvalue weighted by Gasteiger charge is 2.27. The highest BCUT2D eigenvalue weighted by Crippen LogP contribution is 2.41. The zero-order chi connectivity index (χ0) is 38.5. The molecule has 0 spiro atoms. The molecule has 0 saturated heterocycles. The summed E-state index contributed by atoms with van der Waals surface area (Å²) in [7, 11) is 3.88. The van der Waals surface area contributed by atoms with Crippen molar-refractivity contribution in [1.29, 1.82) is 0 Å². The van der Waals surface area contributed by atoms with Gasteiger partial charge in [-0.25, -0.2) is 18.4 Å². The molecule has 4 aromatic heterocycles. The third-order valence-electron chi connectivity index (χ3n) is 10.5. The molecule has 2 aliphatic carbocycles. The van der Waals surface area contributed by atoms with E-state index < -0.39 is 23.6 Å². The maximum absolute atomic E-state index is 13.9. The third kappa shape index (κ3) is 7.66. The Balaban J connectivity index is 0.000000160. The predicted molar refractivity (Wildman–Crippen MR) is 211 cm³/mol. The average Bonchev–Trinajstić information content (AvgIpc) is 4.08. The number of hydrogen-bond acceptors (Lipinski definition) is 4. The molecule has 9 rings (SSSR count). The lowest BCUT2D eigenvalue weighted by Crippen LogP contribution is -2.07. The van der Waals surface area contributed by atoms with E-state index in [0.717, 1.165) is 80.3 Å². The highest BCUT2D eigenvalue weighted by molar-refractivity contribution is 9.10. The van der Waals surface area contributed by atoms with E-state index in [0.29, 0.717) is 52.8 Å². The first-order chi connectivity index (χ1) is 26.4. The number of carboxylic acids is 2. The zero-order valence-corrected chi connectivity index (χ0v) is 31.8. The fraction of sp³-hybridized carbons (Fsp3) is 0.227. The summed E-state index contributed by atoms with van der Waals surface area (Å²) in [6, 6.07) is 19.0. The van der Waals surface area contributed by atoms with Crippen LogP contribution >= 0.6 is 15.9 Å². The van der Waals surface area contributed by atoms with Crippen LogP contribution in [0.2, 0.25) is 0 Å². The first-order valence-corrected chi connectivity index (χ1v) is 18.9. The summed E-state index contributed by atoms with van der Waals surface area (Å²) in [5, 5.41) is 21.3. The van der Waals surface area contributed by atoms with Gasteiger partial charge < -0.3 is 19.3 Å². The molecular weight excluding hydrogens is 766 g/mol. The van der Waals surface area contributed by atoms with Crippen LogP contribution in [-0.2, 0) is 26.9 Å². The van der Waals surface area contributed by atoms with Gasteiger partial charge in [-0.2, -0.15) is 0 Å². The number of pyridine rings is 2. The van der Waals surface area contributed by atoms with Crippen LogP contribution in [0.5, 0.6) is 0 Å². The Morgan fingerprint density at radius 2 is 1.16 bits per heavy atom. The van der Waals surface area contributed by atoms with E-state index in [1.165, 1.54) is 12.1 Å². The molecule has 278 valence electrons. The van der Waals surface area contributed by atoms with Gasteiger partial charge in [-0.1, -0.05) is 0 Å². The monoisotopic (exact) mass is 802 g/mol. The van der Waals surface area contributed by atoms with Crippen molar-refractivity contribution in [3.8, 4) is 11.1 Å².